The molecule has 1 N–H and O–H groups in total. The van der Waals surface area contributed by atoms with Crippen LogP contribution < -0.4 is 0 Å². The highest BCUT2D eigenvalue weighted by Crippen LogP contribution is 2.13. The maximum atomic E-state index is 10.2. The Balaban J connectivity index is 2.45. The predicted octanol–water partition coefficient (Wildman–Crippen LogP) is 1.70. The zero-order valence-electron chi connectivity index (χ0n) is 11.9. The van der Waals surface area contributed by atoms with Crippen LogP contribution in [0.2, 0.25) is 0 Å². The molecule has 1 unspecified atom stereocenters. The number of aliphatic hydroxyl groups is 1. The van der Waals surface area contributed by atoms with E-state index in [0.29, 0.717) is 13.2 Å². The number of aliphatic hydroxyl groups excluding tert-OH is 1. The van der Waals surface area contributed by atoms with Crippen LogP contribution in [0, 0.1) is 0 Å². The van der Waals surface area contributed by atoms with Gasteiger partial charge < -0.3 is 14.6 Å². The average Bonchev–Trinajstić information content (AvgIpc) is 2.45. The van der Waals surface area contributed by atoms with Gasteiger partial charge >= 0.3 is 0 Å². The molecule has 1 aromatic rings. The molecule has 1 atom stereocenters. The van der Waals surface area contributed by atoms with Crippen LogP contribution in [0.15, 0.2) is 30.3 Å². The lowest BCUT2D eigenvalue weighted by Crippen LogP contribution is -2.33. The van der Waals surface area contributed by atoms with Crippen LogP contribution in [0.4, 0.5) is 0 Å². The van der Waals surface area contributed by atoms with Crippen LogP contribution in [0.5, 0.6) is 0 Å². The summed E-state index contributed by atoms with van der Waals surface area (Å²) in [4.78, 5) is 2.21. The van der Waals surface area contributed by atoms with E-state index in [0.717, 1.165) is 31.7 Å². The smallest absolute Gasteiger partial charge is 0.0916 e. The highest BCUT2D eigenvalue weighted by Gasteiger charge is 2.12. The lowest BCUT2D eigenvalue weighted by molar-refractivity contribution is 0.0818. The summed E-state index contributed by atoms with van der Waals surface area (Å²) in [5, 5.41) is 10.2. The highest BCUT2D eigenvalue weighted by atomic mass is 16.5. The molecule has 1 aromatic carbocycles. The summed E-state index contributed by atoms with van der Waals surface area (Å²) in [5.41, 5.74) is 0.955. The quantitative estimate of drug-likeness (QED) is 0.655. The molecular formula is C15H25NO3. The molecule has 0 saturated carbocycles. The van der Waals surface area contributed by atoms with Gasteiger partial charge in [-0.2, -0.15) is 0 Å². The Labute approximate surface area is 115 Å². The SMILES string of the molecule is COCCCN(CCOC)CC(O)c1ccccc1. The van der Waals surface area contributed by atoms with Crippen LogP contribution in [0.3, 0.4) is 0 Å². The fourth-order valence-corrected chi connectivity index (χ4v) is 1.97. The molecule has 0 aromatic heterocycles. The Hall–Kier alpha value is -0.940. The van der Waals surface area contributed by atoms with E-state index in [-0.39, 0.29) is 0 Å². The van der Waals surface area contributed by atoms with E-state index in [1.165, 1.54) is 0 Å². The molecule has 4 heteroatoms. The van der Waals surface area contributed by atoms with E-state index in [9.17, 15) is 5.11 Å². The topological polar surface area (TPSA) is 41.9 Å². The summed E-state index contributed by atoms with van der Waals surface area (Å²) in [6.45, 7) is 3.77. The summed E-state index contributed by atoms with van der Waals surface area (Å²) >= 11 is 0. The van der Waals surface area contributed by atoms with Gasteiger partial charge in [-0.1, -0.05) is 30.3 Å². The minimum atomic E-state index is -0.458. The maximum Gasteiger partial charge on any atom is 0.0916 e. The van der Waals surface area contributed by atoms with Gasteiger partial charge in [-0.3, -0.25) is 4.90 Å². The first kappa shape index (κ1) is 16.1. The van der Waals surface area contributed by atoms with E-state index in [4.69, 9.17) is 9.47 Å². The van der Waals surface area contributed by atoms with Gasteiger partial charge in [-0.15, -0.1) is 0 Å². The largest absolute Gasteiger partial charge is 0.387 e. The van der Waals surface area contributed by atoms with Gasteiger partial charge in [0.2, 0.25) is 0 Å². The molecule has 0 aliphatic carbocycles. The Morgan fingerprint density at radius 2 is 1.74 bits per heavy atom. The summed E-state index contributed by atoms with van der Waals surface area (Å²) in [6, 6.07) is 9.76. The number of rotatable bonds is 10. The average molecular weight is 267 g/mol. The van der Waals surface area contributed by atoms with E-state index in [2.05, 4.69) is 4.90 Å². The molecule has 0 bridgehead atoms. The van der Waals surface area contributed by atoms with Crippen molar-refractivity contribution in [1.82, 2.24) is 4.90 Å². The first-order valence-corrected chi connectivity index (χ1v) is 6.71. The van der Waals surface area contributed by atoms with Crippen molar-refractivity contribution in [2.75, 3.05) is 47.1 Å². The van der Waals surface area contributed by atoms with Crippen molar-refractivity contribution >= 4 is 0 Å². The molecule has 0 saturated heterocycles. The normalized spacial score (nSPS) is 12.8. The fourth-order valence-electron chi connectivity index (χ4n) is 1.97. The second-order valence-electron chi connectivity index (χ2n) is 4.57. The van der Waals surface area contributed by atoms with E-state index < -0.39 is 6.10 Å². The fraction of sp³-hybridized carbons (Fsp3) is 0.600. The Morgan fingerprint density at radius 1 is 1.05 bits per heavy atom. The molecule has 0 fully saturated rings. The third kappa shape index (κ3) is 6.68. The lowest BCUT2D eigenvalue weighted by Gasteiger charge is -2.24. The van der Waals surface area contributed by atoms with Crippen molar-refractivity contribution in [2.45, 2.75) is 12.5 Å². The number of hydrogen-bond acceptors (Lipinski definition) is 4. The van der Waals surface area contributed by atoms with Gasteiger partial charge in [0, 0.05) is 40.5 Å². The van der Waals surface area contributed by atoms with Gasteiger partial charge in [0.1, 0.15) is 0 Å². The first-order chi connectivity index (χ1) is 9.27. The molecule has 0 radical (unpaired) electrons. The lowest BCUT2D eigenvalue weighted by atomic mass is 10.1. The van der Waals surface area contributed by atoms with Crippen molar-refractivity contribution in [2.24, 2.45) is 0 Å². The minimum Gasteiger partial charge on any atom is -0.387 e. The molecule has 0 heterocycles. The molecule has 0 spiro atoms. The predicted molar refractivity (Wildman–Crippen MR) is 76.2 cm³/mol. The van der Waals surface area contributed by atoms with Crippen LogP contribution in [-0.2, 0) is 9.47 Å². The summed E-state index contributed by atoms with van der Waals surface area (Å²) in [6.07, 6.45) is 0.502. The summed E-state index contributed by atoms with van der Waals surface area (Å²) < 4.78 is 10.2. The molecule has 19 heavy (non-hydrogen) atoms. The number of nitrogens with zero attached hydrogens (tertiary/aromatic N) is 1. The van der Waals surface area contributed by atoms with Crippen molar-refractivity contribution in [3.05, 3.63) is 35.9 Å². The third-order valence-electron chi connectivity index (χ3n) is 3.05. The second-order valence-corrected chi connectivity index (χ2v) is 4.57. The van der Waals surface area contributed by atoms with Crippen molar-refractivity contribution in [1.29, 1.82) is 0 Å². The number of methoxy groups -OCH3 is 2. The van der Waals surface area contributed by atoms with Gasteiger partial charge in [-0.05, 0) is 12.0 Å². The Bertz CT molecular complexity index is 318. The van der Waals surface area contributed by atoms with Gasteiger partial charge in [0.15, 0.2) is 0 Å². The second kappa shape index (κ2) is 9.92. The minimum absolute atomic E-state index is 0.458. The molecule has 0 aliphatic rings. The van der Waals surface area contributed by atoms with E-state index in [1.54, 1.807) is 14.2 Å². The van der Waals surface area contributed by atoms with Crippen molar-refractivity contribution in [3.8, 4) is 0 Å². The maximum absolute atomic E-state index is 10.2. The number of benzene rings is 1. The monoisotopic (exact) mass is 267 g/mol. The van der Waals surface area contributed by atoms with Crippen LogP contribution >= 0.6 is 0 Å². The molecule has 1 rings (SSSR count). The van der Waals surface area contributed by atoms with Crippen LogP contribution in [0.25, 0.3) is 0 Å². The molecule has 4 nitrogen and oxygen atoms in total. The van der Waals surface area contributed by atoms with Crippen LogP contribution in [0.1, 0.15) is 18.1 Å². The van der Waals surface area contributed by atoms with Crippen LogP contribution in [-0.4, -0.2) is 57.1 Å². The van der Waals surface area contributed by atoms with Crippen molar-refractivity contribution < 1.29 is 14.6 Å². The number of ether oxygens (including phenoxy) is 2. The third-order valence-corrected chi connectivity index (χ3v) is 3.05. The Kier molecular flexibility index (Phi) is 8.41. The molecule has 0 amide bonds. The zero-order chi connectivity index (χ0) is 13.9. The highest BCUT2D eigenvalue weighted by molar-refractivity contribution is 5.17. The zero-order valence-corrected chi connectivity index (χ0v) is 11.9. The van der Waals surface area contributed by atoms with Gasteiger partial charge in [0.25, 0.3) is 0 Å². The van der Waals surface area contributed by atoms with E-state index >= 15 is 0 Å². The Morgan fingerprint density at radius 3 is 2.37 bits per heavy atom. The standard InChI is InChI=1S/C15H25NO3/c1-18-11-6-9-16(10-12-19-2)13-15(17)14-7-4-3-5-8-14/h3-5,7-8,15,17H,6,9-13H2,1-2H3. The van der Waals surface area contributed by atoms with Crippen molar-refractivity contribution in [3.63, 3.8) is 0 Å². The van der Waals surface area contributed by atoms with E-state index in [1.807, 2.05) is 30.3 Å². The first-order valence-electron chi connectivity index (χ1n) is 6.71. The summed E-state index contributed by atoms with van der Waals surface area (Å²) in [5.74, 6) is 0. The summed E-state index contributed by atoms with van der Waals surface area (Å²) in [7, 11) is 3.40. The van der Waals surface area contributed by atoms with Gasteiger partial charge in [-0.25, -0.2) is 0 Å². The molecule has 108 valence electrons. The van der Waals surface area contributed by atoms with Gasteiger partial charge in [0.05, 0.1) is 12.7 Å². The molecular weight excluding hydrogens is 242 g/mol. The number of hydrogen-bond donors (Lipinski definition) is 1. The molecule has 0 aliphatic heterocycles.